The second kappa shape index (κ2) is 5.35. The lowest BCUT2D eigenvalue weighted by atomic mass is 10.0. The molecule has 1 amide bonds. The van der Waals surface area contributed by atoms with Crippen LogP contribution in [0, 0.1) is 0 Å². The van der Waals surface area contributed by atoms with E-state index in [1.165, 1.54) is 0 Å². The fraction of sp³-hybridized carbons (Fsp3) is 0.643. The first-order chi connectivity index (χ1) is 8.96. The van der Waals surface area contributed by atoms with Crippen LogP contribution in [-0.2, 0) is 15.1 Å². The molecule has 1 N–H and O–H groups in total. The minimum atomic E-state index is -0.648. The molecule has 0 saturated carbocycles. The van der Waals surface area contributed by atoms with Crippen LogP contribution in [0.25, 0.3) is 0 Å². The van der Waals surface area contributed by atoms with Gasteiger partial charge in [0.2, 0.25) is 5.91 Å². The van der Waals surface area contributed by atoms with Crippen LogP contribution in [0.2, 0.25) is 0 Å². The number of hydrogen-bond acceptors (Lipinski definition) is 3. The number of aliphatic hydroxyl groups is 1. The van der Waals surface area contributed by atoms with Crippen molar-refractivity contribution in [2.24, 2.45) is 0 Å². The van der Waals surface area contributed by atoms with Crippen molar-refractivity contribution >= 4 is 5.91 Å². The first-order valence-electron chi connectivity index (χ1n) is 6.69. The number of ether oxygens (including phenoxy) is 1. The quantitative estimate of drug-likeness (QED) is 0.878. The molecule has 19 heavy (non-hydrogen) atoms. The van der Waals surface area contributed by atoms with Gasteiger partial charge in [-0.25, -0.2) is 0 Å². The lowest BCUT2D eigenvalue weighted by molar-refractivity contribution is -0.138. The summed E-state index contributed by atoms with van der Waals surface area (Å²) in [6, 6.07) is 3.80. The van der Waals surface area contributed by atoms with Crippen molar-refractivity contribution in [2.75, 3.05) is 19.7 Å². The Morgan fingerprint density at radius 1 is 1.37 bits per heavy atom. The Kier molecular flexibility index (Phi) is 3.96. The molecule has 0 bridgehead atoms. The molecule has 1 aliphatic heterocycles. The zero-order valence-electron chi connectivity index (χ0n) is 11.7. The highest BCUT2D eigenvalue weighted by molar-refractivity contribution is 5.84. The fourth-order valence-corrected chi connectivity index (χ4v) is 2.51. The molecule has 1 aliphatic rings. The minimum absolute atomic E-state index is 0.00459. The molecular formula is C14H22N2O3. The molecule has 0 spiro atoms. The van der Waals surface area contributed by atoms with E-state index in [9.17, 15) is 9.90 Å². The third kappa shape index (κ3) is 2.67. The molecule has 5 nitrogen and oxygen atoms in total. The molecule has 2 atom stereocenters. The first-order valence-corrected chi connectivity index (χ1v) is 6.69. The maximum absolute atomic E-state index is 12.6. The Morgan fingerprint density at radius 2 is 2.00 bits per heavy atom. The van der Waals surface area contributed by atoms with E-state index >= 15 is 0 Å². The molecule has 2 rings (SSSR count). The van der Waals surface area contributed by atoms with Crippen LogP contribution in [0.5, 0.6) is 0 Å². The van der Waals surface area contributed by atoms with Crippen molar-refractivity contribution in [3.05, 3.63) is 24.5 Å². The average Bonchev–Trinajstić information content (AvgIpc) is 2.99. The predicted molar refractivity (Wildman–Crippen MR) is 71.8 cm³/mol. The van der Waals surface area contributed by atoms with Crippen LogP contribution >= 0.6 is 0 Å². The van der Waals surface area contributed by atoms with Gasteiger partial charge in [-0.1, -0.05) is 0 Å². The third-order valence-corrected chi connectivity index (χ3v) is 3.68. The Labute approximate surface area is 113 Å². The number of nitrogens with zero attached hydrogens (tertiary/aromatic N) is 2. The number of carbonyl (C=O) groups is 1. The number of carbonyl (C=O) groups excluding carboxylic acids is 1. The monoisotopic (exact) mass is 266 g/mol. The SMILES string of the molecule is CCO[C@H]1CN(C(=O)C(C)(C)n2cccc2)C[C@@H]1O. The summed E-state index contributed by atoms with van der Waals surface area (Å²) in [4.78, 5) is 14.3. The molecule has 0 aliphatic carbocycles. The molecule has 5 heteroatoms. The van der Waals surface area contributed by atoms with Gasteiger partial charge < -0.3 is 19.3 Å². The minimum Gasteiger partial charge on any atom is -0.388 e. The fourth-order valence-electron chi connectivity index (χ4n) is 2.51. The maximum atomic E-state index is 12.6. The van der Waals surface area contributed by atoms with Gasteiger partial charge in [-0.2, -0.15) is 0 Å². The molecule has 1 aromatic heterocycles. The van der Waals surface area contributed by atoms with Crippen LogP contribution in [0.15, 0.2) is 24.5 Å². The number of likely N-dealkylation sites (tertiary alicyclic amines) is 1. The van der Waals surface area contributed by atoms with Gasteiger partial charge in [-0.3, -0.25) is 4.79 Å². The van der Waals surface area contributed by atoms with Gasteiger partial charge in [0.15, 0.2) is 0 Å². The third-order valence-electron chi connectivity index (χ3n) is 3.68. The van der Waals surface area contributed by atoms with Crippen LogP contribution in [0.1, 0.15) is 20.8 Å². The van der Waals surface area contributed by atoms with E-state index in [1.807, 2.05) is 49.9 Å². The lowest BCUT2D eigenvalue weighted by Gasteiger charge is -2.30. The highest BCUT2D eigenvalue weighted by Crippen LogP contribution is 2.23. The number of aliphatic hydroxyl groups excluding tert-OH is 1. The highest BCUT2D eigenvalue weighted by atomic mass is 16.5. The second-order valence-corrected chi connectivity index (χ2v) is 5.42. The highest BCUT2D eigenvalue weighted by Gasteiger charge is 2.40. The number of hydrogen-bond donors (Lipinski definition) is 1. The normalized spacial score (nSPS) is 23.9. The van der Waals surface area contributed by atoms with Gasteiger partial charge >= 0.3 is 0 Å². The molecule has 0 radical (unpaired) electrons. The summed E-state index contributed by atoms with van der Waals surface area (Å²) in [6.07, 6.45) is 2.90. The van der Waals surface area contributed by atoms with Gasteiger partial charge in [0.25, 0.3) is 0 Å². The molecule has 0 aromatic carbocycles. The molecular weight excluding hydrogens is 244 g/mol. The summed E-state index contributed by atoms with van der Waals surface area (Å²) in [7, 11) is 0. The van der Waals surface area contributed by atoms with Crippen molar-refractivity contribution < 1.29 is 14.6 Å². The maximum Gasteiger partial charge on any atom is 0.248 e. The molecule has 1 saturated heterocycles. The summed E-state index contributed by atoms with van der Waals surface area (Å²) in [6.45, 7) is 7.00. The van der Waals surface area contributed by atoms with E-state index in [1.54, 1.807) is 4.90 Å². The summed E-state index contributed by atoms with van der Waals surface area (Å²) in [5, 5.41) is 9.91. The summed E-state index contributed by atoms with van der Waals surface area (Å²) in [5.41, 5.74) is -0.648. The Bertz CT molecular complexity index is 428. The van der Waals surface area contributed by atoms with Crippen LogP contribution in [-0.4, -0.2) is 52.4 Å². The van der Waals surface area contributed by atoms with Crippen molar-refractivity contribution in [3.8, 4) is 0 Å². The van der Waals surface area contributed by atoms with Gasteiger partial charge in [0.1, 0.15) is 11.6 Å². The molecule has 1 fully saturated rings. The Balaban J connectivity index is 2.09. The predicted octanol–water partition coefficient (Wildman–Crippen LogP) is 0.831. The number of amides is 1. The second-order valence-electron chi connectivity index (χ2n) is 5.42. The smallest absolute Gasteiger partial charge is 0.248 e. The van der Waals surface area contributed by atoms with Gasteiger partial charge in [-0.05, 0) is 32.9 Å². The lowest BCUT2D eigenvalue weighted by Crippen LogP contribution is -2.46. The molecule has 106 valence electrons. The largest absolute Gasteiger partial charge is 0.388 e. The zero-order chi connectivity index (χ0) is 14.0. The van der Waals surface area contributed by atoms with Gasteiger partial charge in [-0.15, -0.1) is 0 Å². The number of aromatic nitrogens is 1. The van der Waals surface area contributed by atoms with Gasteiger partial charge in [0, 0.05) is 32.1 Å². The van der Waals surface area contributed by atoms with Crippen LogP contribution in [0.3, 0.4) is 0 Å². The van der Waals surface area contributed by atoms with E-state index in [4.69, 9.17) is 4.74 Å². The van der Waals surface area contributed by atoms with E-state index in [0.29, 0.717) is 19.7 Å². The summed E-state index contributed by atoms with van der Waals surface area (Å²) in [5.74, 6) is 0.00459. The van der Waals surface area contributed by atoms with Crippen molar-refractivity contribution in [1.82, 2.24) is 9.47 Å². The number of rotatable bonds is 4. The Morgan fingerprint density at radius 3 is 2.58 bits per heavy atom. The van der Waals surface area contributed by atoms with E-state index < -0.39 is 11.6 Å². The molecule has 1 aromatic rings. The van der Waals surface area contributed by atoms with E-state index in [-0.39, 0.29) is 12.0 Å². The topological polar surface area (TPSA) is 54.7 Å². The Hall–Kier alpha value is -1.33. The molecule has 0 unspecified atom stereocenters. The van der Waals surface area contributed by atoms with E-state index in [2.05, 4.69) is 0 Å². The number of β-amino-alcohol motifs (C(OH)–C–C–N with tert-alkyl or cyclic N) is 1. The summed E-state index contributed by atoms with van der Waals surface area (Å²) >= 11 is 0. The summed E-state index contributed by atoms with van der Waals surface area (Å²) < 4.78 is 7.33. The van der Waals surface area contributed by atoms with Crippen LogP contribution < -0.4 is 0 Å². The van der Waals surface area contributed by atoms with Gasteiger partial charge in [0.05, 0.1) is 6.10 Å². The first kappa shape index (κ1) is 14.1. The van der Waals surface area contributed by atoms with Crippen molar-refractivity contribution in [2.45, 2.75) is 38.5 Å². The van der Waals surface area contributed by atoms with E-state index in [0.717, 1.165) is 0 Å². The molecule has 2 heterocycles. The van der Waals surface area contributed by atoms with Crippen LogP contribution in [0.4, 0.5) is 0 Å². The average molecular weight is 266 g/mol. The van der Waals surface area contributed by atoms with Crippen molar-refractivity contribution in [3.63, 3.8) is 0 Å². The standard InChI is InChI=1S/C14H22N2O3/c1-4-19-12-10-15(9-11(12)17)13(18)14(2,3)16-7-5-6-8-16/h5-8,11-12,17H,4,9-10H2,1-3H3/t11-,12-/m0/s1. The van der Waals surface area contributed by atoms with Crippen molar-refractivity contribution in [1.29, 1.82) is 0 Å². The zero-order valence-corrected chi connectivity index (χ0v) is 11.7.